The smallest absolute Gasteiger partial charge is 0.243 e. The molecule has 0 saturated heterocycles. The van der Waals surface area contributed by atoms with Crippen molar-refractivity contribution in [1.29, 1.82) is 0 Å². The fraction of sp³-hybridized carbons (Fsp3) is 0.455. The summed E-state index contributed by atoms with van der Waals surface area (Å²) in [5, 5.41) is 11.7. The number of nitrogens with zero attached hydrogens (tertiary/aromatic N) is 4. The molecule has 0 fully saturated rings. The molecular formula is C11H15N5O2S. The number of hydrogen-bond donors (Lipinski definition) is 1. The summed E-state index contributed by atoms with van der Waals surface area (Å²) in [6, 6.07) is 3.15. The molecule has 0 bridgehead atoms. The van der Waals surface area contributed by atoms with E-state index in [2.05, 4.69) is 20.3 Å². The first-order chi connectivity index (χ1) is 9.24. The molecule has 19 heavy (non-hydrogen) atoms. The first-order valence-electron chi connectivity index (χ1n) is 5.70. The summed E-state index contributed by atoms with van der Waals surface area (Å²) < 4.78 is 10.1. The average molecular weight is 281 g/mol. The maximum atomic E-state index is 5.95. The van der Waals surface area contributed by atoms with Gasteiger partial charge in [0.15, 0.2) is 0 Å². The van der Waals surface area contributed by atoms with E-state index in [4.69, 9.17) is 15.0 Å². The zero-order chi connectivity index (χ0) is 13.7. The van der Waals surface area contributed by atoms with Gasteiger partial charge in [-0.15, -0.1) is 10.2 Å². The topological polar surface area (TPSA) is 100.0 Å². The van der Waals surface area contributed by atoms with Gasteiger partial charge in [-0.05, 0) is 24.5 Å². The van der Waals surface area contributed by atoms with Gasteiger partial charge in [0.2, 0.25) is 17.6 Å². The lowest BCUT2D eigenvalue weighted by Crippen LogP contribution is -2.11. The molecule has 1 unspecified atom stereocenters. The van der Waals surface area contributed by atoms with E-state index in [0.29, 0.717) is 23.3 Å². The van der Waals surface area contributed by atoms with Gasteiger partial charge in [-0.25, -0.2) is 0 Å². The minimum absolute atomic E-state index is 0.250. The molecule has 2 N–H and O–H groups in total. The van der Waals surface area contributed by atoms with Crippen LogP contribution in [0.1, 0.15) is 18.4 Å². The van der Waals surface area contributed by atoms with Crippen LogP contribution < -0.4 is 10.5 Å². The molecule has 0 radical (unpaired) electrons. The second kappa shape index (κ2) is 6.48. The van der Waals surface area contributed by atoms with Gasteiger partial charge in [0, 0.05) is 6.07 Å². The third kappa shape index (κ3) is 3.42. The molecule has 2 aromatic rings. The fourth-order valence-corrected chi connectivity index (χ4v) is 1.90. The standard InChI is InChI=1S/C11H15N5O2S/c1-17-9-4-3-8(14-15-9)10-13-11(18-16-10)7(12)5-6-19-2/h3-4,7H,5-6,12H2,1-2H3. The van der Waals surface area contributed by atoms with Crippen LogP contribution in [0.5, 0.6) is 5.88 Å². The van der Waals surface area contributed by atoms with Crippen LogP contribution in [0, 0.1) is 0 Å². The number of methoxy groups -OCH3 is 1. The van der Waals surface area contributed by atoms with Crippen molar-refractivity contribution >= 4 is 11.8 Å². The lowest BCUT2D eigenvalue weighted by atomic mass is 10.2. The van der Waals surface area contributed by atoms with Gasteiger partial charge in [0.05, 0.1) is 13.2 Å². The van der Waals surface area contributed by atoms with E-state index >= 15 is 0 Å². The molecule has 0 saturated carbocycles. The number of hydrogen-bond acceptors (Lipinski definition) is 8. The molecule has 0 spiro atoms. The summed E-state index contributed by atoms with van der Waals surface area (Å²) in [5.41, 5.74) is 6.47. The molecule has 7 nitrogen and oxygen atoms in total. The summed E-state index contributed by atoms with van der Waals surface area (Å²) in [4.78, 5) is 4.23. The Morgan fingerprint density at radius 1 is 1.42 bits per heavy atom. The zero-order valence-corrected chi connectivity index (χ0v) is 11.6. The molecule has 1 atom stereocenters. The third-order valence-electron chi connectivity index (χ3n) is 2.47. The van der Waals surface area contributed by atoms with Crippen molar-refractivity contribution < 1.29 is 9.26 Å². The Kier molecular flexibility index (Phi) is 4.69. The molecule has 0 aromatic carbocycles. The maximum absolute atomic E-state index is 5.95. The molecule has 102 valence electrons. The van der Waals surface area contributed by atoms with Crippen molar-refractivity contribution in [2.75, 3.05) is 19.1 Å². The molecule has 0 amide bonds. The first kappa shape index (κ1) is 13.8. The Balaban J connectivity index is 2.11. The second-order valence-electron chi connectivity index (χ2n) is 3.81. The molecule has 0 aliphatic carbocycles. The van der Waals surface area contributed by atoms with Crippen molar-refractivity contribution in [3.05, 3.63) is 18.0 Å². The second-order valence-corrected chi connectivity index (χ2v) is 4.79. The van der Waals surface area contributed by atoms with Crippen LogP contribution in [0.3, 0.4) is 0 Å². The highest BCUT2D eigenvalue weighted by atomic mass is 32.2. The van der Waals surface area contributed by atoms with Crippen LogP contribution in [-0.4, -0.2) is 39.5 Å². The van der Waals surface area contributed by atoms with E-state index in [1.165, 1.54) is 7.11 Å². The van der Waals surface area contributed by atoms with Gasteiger partial charge in [0.1, 0.15) is 5.69 Å². The molecule has 2 aromatic heterocycles. The first-order valence-corrected chi connectivity index (χ1v) is 7.10. The van der Waals surface area contributed by atoms with E-state index < -0.39 is 0 Å². The zero-order valence-electron chi connectivity index (χ0n) is 10.7. The SMILES string of the molecule is COc1ccc(-c2noc(C(N)CCSC)n2)nn1. The Bertz CT molecular complexity index is 516. The van der Waals surface area contributed by atoms with Crippen molar-refractivity contribution in [2.24, 2.45) is 5.73 Å². The van der Waals surface area contributed by atoms with Crippen LogP contribution >= 0.6 is 11.8 Å². The highest BCUT2D eigenvalue weighted by molar-refractivity contribution is 7.98. The average Bonchev–Trinajstić information content (AvgIpc) is 2.94. The van der Waals surface area contributed by atoms with Crippen molar-refractivity contribution in [1.82, 2.24) is 20.3 Å². The molecule has 2 rings (SSSR count). The third-order valence-corrected chi connectivity index (χ3v) is 3.11. The molecule has 0 aliphatic rings. The van der Waals surface area contributed by atoms with E-state index in [1.807, 2.05) is 6.26 Å². The Morgan fingerprint density at radius 2 is 2.26 bits per heavy atom. The van der Waals surface area contributed by atoms with Gasteiger partial charge >= 0.3 is 0 Å². The van der Waals surface area contributed by atoms with Gasteiger partial charge < -0.3 is 15.0 Å². The number of rotatable bonds is 6. The minimum atomic E-state index is -0.250. The highest BCUT2D eigenvalue weighted by Gasteiger charge is 2.16. The Morgan fingerprint density at radius 3 is 2.89 bits per heavy atom. The van der Waals surface area contributed by atoms with Crippen LogP contribution in [-0.2, 0) is 0 Å². The predicted octanol–water partition coefficient (Wildman–Crippen LogP) is 1.29. The van der Waals surface area contributed by atoms with Gasteiger partial charge in [-0.2, -0.15) is 16.7 Å². The van der Waals surface area contributed by atoms with Gasteiger partial charge in [0.25, 0.3) is 0 Å². The van der Waals surface area contributed by atoms with Crippen LogP contribution in [0.2, 0.25) is 0 Å². The summed E-state index contributed by atoms with van der Waals surface area (Å²) in [5.74, 6) is 2.18. The molecule has 2 heterocycles. The number of aromatic nitrogens is 4. The summed E-state index contributed by atoms with van der Waals surface area (Å²) >= 11 is 1.73. The Hall–Kier alpha value is -1.67. The molecule has 8 heteroatoms. The van der Waals surface area contributed by atoms with Gasteiger partial charge in [-0.1, -0.05) is 5.16 Å². The van der Waals surface area contributed by atoms with Crippen LogP contribution in [0.25, 0.3) is 11.5 Å². The highest BCUT2D eigenvalue weighted by Crippen LogP contribution is 2.19. The van der Waals surface area contributed by atoms with Crippen LogP contribution in [0.15, 0.2) is 16.7 Å². The number of thioether (sulfide) groups is 1. The largest absolute Gasteiger partial charge is 0.480 e. The van der Waals surface area contributed by atoms with E-state index in [1.54, 1.807) is 23.9 Å². The minimum Gasteiger partial charge on any atom is -0.480 e. The summed E-state index contributed by atoms with van der Waals surface area (Å²) in [6.07, 6.45) is 2.82. The molecular weight excluding hydrogens is 266 g/mol. The van der Waals surface area contributed by atoms with E-state index in [0.717, 1.165) is 12.2 Å². The summed E-state index contributed by atoms with van der Waals surface area (Å²) in [7, 11) is 1.53. The predicted molar refractivity (Wildman–Crippen MR) is 71.8 cm³/mol. The normalized spacial score (nSPS) is 12.4. The van der Waals surface area contributed by atoms with Crippen molar-refractivity contribution in [3.8, 4) is 17.4 Å². The lowest BCUT2D eigenvalue weighted by molar-refractivity contribution is 0.353. The van der Waals surface area contributed by atoms with Crippen molar-refractivity contribution in [2.45, 2.75) is 12.5 Å². The number of nitrogens with two attached hydrogens (primary N) is 1. The molecule has 0 aliphatic heterocycles. The van der Waals surface area contributed by atoms with Crippen molar-refractivity contribution in [3.63, 3.8) is 0 Å². The van der Waals surface area contributed by atoms with E-state index in [-0.39, 0.29) is 6.04 Å². The summed E-state index contributed by atoms with van der Waals surface area (Å²) in [6.45, 7) is 0. The van der Waals surface area contributed by atoms with Crippen LogP contribution in [0.4, 0.5) is 0 Å². The van der Waals surface area contributed by atoms with Gasteiger partial charge in [-0.3, -0.25) is 0 Å². The quantitative estimate of drug-likeness (QED) is 0.845. The lowest BCUT2D eigenvalue weighted by Gasteiger charge is -2.03. The Labute approximate surface area is 114 Å². The maximum Gasteiger partial charge on any atom is 0.243 e. The van der Waals surface area contributed by atoms with E-state index in [9.17, 15) is 0 Å². The number of ether oxygens (including phenoxy) is 1. The monoisotopic (exact) mass is 281 g/mol. The fourth-order valence-electron chi connectivity index (χ4n) is 1.41.